The Morgan fingerprint density at radius 3 is 2.40 bits per heavy atom. The predicted octanol–water partition coefficient (Wildman–Crippen LogP) is 3.99. The van der Waals surface area contributed by atoms with Crippen molar-refractivity contribution in [2.75, 3.05) is 37.6 Å². The number of rotatable bonds is 6. The van der Waals surface area contributed by atoms with Crippen molar-refractivity contribution in [2.24, 2.45) is 0 Å². The molecular formula is C24H24F4N4O3. The van der Waals surface area contributed by atoms with Crippen LogP contribution in [0.3, 0.4) is 0 Å². The Morgan fingerprint density at radius 2 is 1.74 bits per heavy atom. The third-order valence-corrected chi connectivity index (χ3v) is 6.23. The number of fused-ring (bicyclic) bond motifs is 1. The van der Waals surface area contributed by atoms with E-state index in [1.54, 1.807) is 6.07 Å². The fraction of sp³-hybridized carbons (Fsp3) is 0.417. The lowest BCUT2D eigenvalue weighted by Gasteiger charge is -2.36. The van der Waals surface area contributed by atoms with Crippen molar-refractivity contribution in [1.29, 1.82) is 0 Å². The van der Waals surface area contributed by atoms with Crippen LogP contribution in [0.4, 0.5) is 23.2 Å². The van der Waals surface area contributed by atoms with Gasteiger partial charge in [-0.1, -0.05) is 19.8 Å². The van der Waals surface area contributed by atoms with Gasteiger partial charge in [-0.15, -0.1) is 0 Å². The maximum absolute atomic E-state index is 13.6. The van der Waals surface area contributed by atoms with Gasteiger partial charge >= 0.3 is 6.18 Å². The number of pyridine rings is 1. The number of hydrogen-bond donors (Lipinski definition) is 0. The van der Waals surface area contributed by atoms with Gasteiger partial charge in [-0.25, -0.2) is 9.37 Å². The average Bonchev–Trinajstić information content (AvgIpc) is 3.07. The van der Waals surface area contributed by atoms with Crippen LogP contribution in [0.5, 0.6) is 0 Å². The molecule has 0 atom stereocenters. The first-order valence-electron chi connectivity index (χ1n) is 11.4. The number of aromatic nitrogens is 1. The third kappa shape index (κ3) is 4.85. The lowest BCUT2D eigenvalue weighted by atomic mass is 10.0. The molecule has 2 aliphatic rings. The van der Waals surface area contributed by atoms with Gasteiger partial charge < -0.3 is 9.80 Å². The molecule has 186 valence electrons. The number of imide groups is 1. The highest BCUT2D eigenvalue weighted by Crippen LogP contribution is 2.33. The third-order valence-electron chi connectivity index (χ3n) is 6.23. The monoisotopic (exact) mass is 492 g/mol. The Bertz CT molecular complexity index is 1160. The molecule has 0 saturated carbocycles. The average molecular weight is 492 g/mol. The molecule has 2 aliphatic heterocycles. The Hall–Kier alpha value is -3.50. The van der Waals surface area contributed by atoms with Crippen LogP contribution in [0.1, 0.15) is 63.0 Å². The molecule has 0 spiro atoms. The van der Waals surface area contributed by atoms with Crippen molar-refractivity contribution >= 4 is 23.4 Å². The Labute approximate surface area is 199 Å². The van der Waals surface area contributed by atoms with Gasteiger partial charge in [0.1, 0.15) is 11.5 Å². The molecule has 1 fully saturated rings. The van der Waals surface area contributed by atoms with Gasteiger partial charge in [0.2, 0.25) is 0 Å². The number of nitrogens with zero attached hydrogens (tertiary/aromatic N) is 4. The summed E-state index contributed by atoms with van der Waals surface area (Å²) in [7, 11) is 0. The van der Waals surface area contributed by atoms with Crippen molar-refractivity contribution in [3.63, 3.8) is 0 Å². The standard InChI is InChI=1S/C24H24F4N4O3/c1-2-3-4-7-32-22(34)18-13-16(14-29-20(18)23(32)35)30-8-10-31(11-9-30)21(33)17-12-15(25)5-6-19(17)24(26,27)28/h5-6,12-14H,2-4,7-11H2,1H3. The summed E-state index contributed by atoms with van der Waals surface area (Å²) in [6.45, 7) is 3.09. The Morgan fingerprint density at radius 1 is 1.03 bits per heavy atom. The zero-order chi connectivity index (χ0) is 25.3. The molecule has 3 amide bonds. The van der Waals surface area contributed by atoms with E-state index >= 15 is 0 Å². The molecule has 0 radical (unpaired) electrons. The van der Waals surface area contributed by atoms with E-state index in [4.69, 9.17) is 0 Å². The van der Waals surface area contributed by atoms with E-state index in [0.29, 0.717) is 36.9 Å². The van der Waals surface area contributed by atoms with Crippen LogP contribution in [0, 0.1) is 5.82 Å². The second-order valence-electron chi connectivity index (χ2n) is 8.53. The van der Waals surface area contributed by atoms with Gasteiger partial charge in [-0.05, 0) is 30.7 Å². The second kappa shape index (κ2) is 9.63. The number of unbranched alkanes of at least 4 members (excludes halogenated alkanes) is 2. The number of alkyl halides is 3. The van der Waals surface area contributed by atoms with E-state index < -0.39 is 40.8 Å². The number of hydrogen-bond acceptors (Lipinski definition) is 5. The molecule has 0 N–H and O–H groups in total. The largest absolute Gasteiger partial charge is 0.417 e. The van der Waals surface area contributed by atoms with Gasteiger partial charge in [-0.3, -0.25) is 19.3 Å². The predicted molar refractivity (Wildman–Crippen MR) is 119 cm³/mol. The first-order valence-corrected chi connectivity index (χ1v) is 11.4. The molecular weight excluding hydrogens is 468 g/mol. The van der Waals surface area contributed by atoms with Gasteiger partial charge in [0.05, 0.1) is 28.6 Å². The summed E-state index contributed by atoms with van der Waals surface area (Å²) in [4.78, 5) is 46.5. The number of halogens is 4. The number of carbonyl (C=O) groups excluding carboxylic acids is 3. The fourth-order valence-corrected chi connectivity index (χ4v) is 4.33. The van der Waals surface area contributed by atoms with Crippen LogP contribution >= 0.6 is 0 Å². The molecule has 2 aromatic rings. The van der Waals surface area contributed by atoms with E-state index in [1.165, 1.54) is 16.0 Å². The van der Waals surface area contributed by atoms with Crippen molar-refractivity contribution in [2.45, 2.75) is 32.4 Å². The van der Waals surface area contributed by atoms with Gasteiger partial charge in [0.25, 0.3) is 17.7 Å². The van der Waals surface area contributed by atoms with Crippen molar-refractivity contribution in [3.8, 4) is 0 Å². The molecule has 1 aromatic heterocycles. The topological polar surface area (TPSA) is 73.8 Å². The van der Waals surface area contributed by atoms with Gasteiger partial charge in [0, 0.05) is 32.7 Å². The van der Waals surface area contributed by atoms with E-state index in [0.717, 1.165) is 12.8 Å². The van der Waals surface area contributed by atoms with Crippen LogP contribution in [0.25, 0.3) is 0 Å². The lowest BCUT2D eigenvalue weighted by Crippen LogP contribution is -2.49. The molecule has 1 aromatic carbocycles. The Kier molecular flexibility index (Phi) is 6.77. The van der Waals surface area contributed by atoms with E-state index in [1.807, 2.05) is 11.8 Å². The van der Waals surface area contributed by atoms with Crippen LogP contribution in [-0.2, 0) is 6.18 Å². The van der Waals surface area contributed by atoms with Crippen molar-refractivity contribution in [1.82, 2.24) is 14.8 Å². The minimum Gasteiger partial charge on any atom is -0.367 e. The quantitative estimate of drug-likeness (QED) is 0.347. The minimum atomic E-state index is -4.79. The summed E-state index contributed by atoms with van der Waals surface area (Å²) in [6.07, 6.45) is -0.742. The van der Waals surface area contributed by atoms with Crippen LogP contribution in [0.15, 0.2) is 30.5 Å². The van der Waals surface area contributed by atoms with Gasteiger partial charge in [-0.2, -0.15) is 13.2 Å². The van der Waals surface area contributed by atoms with Crippen LogP contribution < -0.4 is 4.90 Å². The van der Waals surface area contributed by atoms with E-state index in [9.17, 15) is 31.9 Å². The summed E-state index contributed by atoms with van der Waals surface area (Å²) >= 11 is 0. The highest BCUT2D eigenvalue weighted by Gasteiger charge is 2.38. The molecule has 0 bridgehead atoms. The number of amides is 3. The Balaban J connectivity index is 1.46. The van der Waals surface area contributed by atoms with Crippen LogP contribution in [0.2, 0.25) is 0 Å². The number of piperazine rings is 1. The zero-order valence-corrected chi connectivity index (χ0v) is 19.1. The summed E-state index contributed by atoms with van der Waals surface area (Å²) in [5, 5.41) is 0. The first kappa shape index (κ1) is 24.6. The normalized spacial score (nSPS) is 16.2. The summed E-state index contributed by atoms with van der Waals surface area (Å²) < 4.78 is 53.6. The summed E-state index contributed by atoms with van der Waals surface area (Å²) in [5.74, 6) is -2.63. The van der Waals surface area contributed by atoms with Crippen molar-refractivity contribution in [3.05, 3.63) is 58.7 Å². The van der Waals surface area contributed by atoms with Crippen LogP contribution in [-0.4, -0.2) is 65.2 Å². The maximum Gasteiger partial charge on any atom is 0.417 e. The molecule has 0 aliphatic carbocycles. The molecule has 35 heavy (non-hydrogen) atoms. The molecule has 11 heteroatoms. The van der Waals surface area contributed by atoms with Gasteiger partial charge in [0.15, 0.2) is 0 Å². The maximum atomic E-state index is 13.6. The lowest BCUT2D eigenvalue weighted by molar-refractivity contribution is -0.138. The summed E-state index contributed by atoms with van der Waals surface area (Å²) in [6, 6.07) is 3.44. The highest BCUT2D eigenvalue weighted by molar-refractivity contribution is 6.20. The number of benzene rings is 1. The minimum absolute atomic E-state index is 0.0970. The van der Waals surface area contributed by atoms with Crippen molar-refractivity contribution < 1.29 is 31.9 Å². The molecule has 1 saturated heterocycles. The molecule has 7 nitrogen and oxygen atoms in total. The number of carbonyl (C=O) groups is 3. The molecule has 0 unspecified atom stereocenters. The smallest absolute Gasteiger partial charge is 0.367 e. The second-order valence-corrected chi connectivity index (χ2v) is 8.53. The van der Waals surface area contributed by atoms with E-state index in [-0.39, 0.29) is 37.4 Å². The number of anilines is 1. The van der Waals surface area contributed by atoms with E-state index in [2.05, 4.69) is 4.98 Å². The molecule has 4 rings (SSSR count). The summed E-state index contributed by atoms with van der Waals surface area (Å²) in [5.41, 5.74) is -1.00. The molecule has 3 heterocycles. The fourth-order valence-electron chi connectivity index (χ4n) is 4.33. The zero-order valence-electron chi connectivity index (χ0n) is 19.1. The SMILES string of the molecule is CCCCCN1C(=O)c2cc(N3CCN(C(=O)c4cc(F)ccc4C(F)(F)F)CC3)cnc2C1=O. The highest BCUT2D eigenvalue weighted by atomic mass is 19.4. The first-order chi connectivity index (χ1) is 16.6.